The molecule has 0 spiro atoms. The molecule has 0 bridgehead atoms. The fraction of sp³-hybridized carbons (Fsp3) is 0.286. The number of methoxy groups -OCH3 is 1. The number of ether oxygens (including phenoxy) is 1. The molecule has 168 valence electrons. The van der Waals surface area contributed by atoms with Crippen molar-refractivity contribution >= 4 is 23.4 Å². The van der Waals surface area contributed by atoms with Crippen LogP contribution in [0.1, 0.15) is 20.7 Å². The maximum absolute atomic E-state index is 13.2. The minimum absolute atomic E-state index is 0.117. The first-order valence-electron chi connectivity index (χ1n) is 9.85. The summed E-state index contributed by atoms with van der Waals surface area (Å²) in [7, 11) is 1.48. The number of nitro groups is 1. The van der Waals surface area contributed by atoms with Crippen LogP contribution in [0.3, 0.4) is 0 Å². The van der Waals surface area contributed by atoms with E-state index >= 15 is 0 Å². The van der Waals surface area contributed by atoms with Gasteiger partial charge in [0.05, 0.1) is 12.0 Å². The fourth-order valence-corrected chi connectivity index (χ4v) is 3.44. The van der Waals surface area contributed by atoms with Crippen LogP contribution in [0.15, 0.2) is 48.5 Å². The van der Waals surface area contributed by atoms with Gasteiger partial charge in [0.1, 0.15) is 5.75 Å². The van der Waals surface area contributed by atoms with Gasteiger partial charge in [-0.1, -0.05) is 6.07 Å². The number of nitrogens with one attached hydrogen (secondary N) is 1. The lowest BCUT2D eigenvalue weighted by molar-refractivity contribution is -0.384. The van der Waals surface area contributed by atoms with E-state index in [4.69, 9.17) is 10.5 Å². The Kier molecular flexibility index (Phi) is 7.00. The second kappa shape index (κ2) is 9.88. The third-order valence-electron chi connectivity index (χ3n) is 5.01. The molecule has 1 aliphatic heterocycles. The standard InChI is InChI=1S/C21H23N5O6/c1-32-17-4-2-3-15(13-17)21(29)25-12-11-24(19(25)18(27)23-10-9-22)20(28)14-5-7-16(8-6-14)26(30)31/h2-8,13,19H,9-12,22H2,1H3,(H,23,27). The van der Waals surface area contributed by atoms with Crippen LogP contribution in [0.4, 0.5) is 5.69 Å². The van der Waals surface area contributed by atoms with E-state index in [1.54, 1.807) is 24.3 Å². The molecule has 0 aliphatic carbocycles. The van der Waals surface area contributed by atoms with Gasteiger partial charge in [0, 0.05) is 49.4 Å². The van der Waals surface area contributed by atoms with Crippen LogP contribution in [0.2, 0.25) is 0 Å². The molecule has 11 heteroatoms. The molecule has 0 radical (unpaired) electrons. The summed E-state index contributed by atoms with van der Waals surface area (Å²) in [5, 5.41) is 13.5. The second-order valence-corrected chi connectivity index (χ2v) is 6.99. The maximum atomic E-state index is 13.2. The van der Waals surface area contributed by atoms with Crippen molar-refractivity contribution < 1.29 is 24.0 Å². The predicted octanol–water partition coefficient (Wildman–Crippen LogP) is 0.603. The van der Waals surface area contributed by atoms with Crippen molar-refractivity contribution in [2.24, 2.45) is 5.73 Å². The summed E-state index contributed by atoms with van der Waals surface area (Å²) in [6, 6.07) is 11.6. The van der Waals surface area contributed by atoms with Crippen molar-refractivity contribution in [1.82, 2.24) is 15.1 Å². The minimum atomic E-state index is -1.19. The van der Waals surface area contributed by atoms with Gasteiger partial charge in [-0.3, -0.25) is 24.5 Å². The molecular formula is C21H23N5O6. The number of benzene rings is 2. The molecule has 1 atom stereocenters. The van der Waals surface area contributed by atoms with Crippen molar-refractivity contribution in [1.29, 1.82) is 0 Å². The fourth-order valence-electron chi connectivity index (χ4n) is 3.44. The Balaban J connectivity index is 1.90. The van der Waals surface area contributed by atoms with Gasteiger partial charge in [-0.2, -0.15) is 0 Å². The van der Waals surface area contributed by atoms with E-state index < -0.39 is 28.8 Å². The molecule has 3 amide bonds. The van der Waals surface area contributed by atoms with E-state index in [1.807, 2.05) is 0 Å². The second-order valence-electron chi connectivity index (χ2n) is 6.99. The van der Waals surface area contributed by atoms with Crippen LogP contribution in [0, 0.1) is 10.1 Å². The zero-order valence-electron chi connectivity index (χ0n) is 17.4. The lowest BCUT2D eigenvalue weighted by Gasteiger charge is -2.29. The lowest BCUT2D eigenvalue weighted by Crippen LogP contribution is -2.54. The normalized spacial score (nSPS) is 15.4. The van der Waals surface area contributed by atoms with Crippen LogP contribution < -0.4 is 15.8 Å². The summed E-state index contributed by atoms with van der Waals surface area (Å²) in [6.07, 6.45) is -1.19. The highest BCUT2D eigenvalue weighted by Crippen LogP contribution is 2.23. The SMILES string of the molecule is COc1cccc(C(=O)N2CCN(C(=O)c3ccc([N+](=O)[O-])cc3)C2C(=O)NCCN)c1. The molecule has 0 aromatic heterocycles. The summed E-state index contributed by atoms with van der Waals surface area (Å²) in [5.41, 5.74) is 5.80. The van der Waals surface area contributed by atoms with Crippen LogP contribution >= 0.6 is 0 Å². The molecular weight excluding hydrogens is 418 g/mol. The summed E-state index contributed by atoms with van der Waals surface area (Å²) >= 11 is 0. The molecule has 3 N–H and O–H groups in total. The molecule has 2 aromatic rings. The number of amides is 3. The van der Waals surface area contributed by atoms with Gasteiger partial charge in [-0.05, 0) is 30.3 Å². The topological polar surface area (TPSA) is 148 Å². The number of nitrogens with two attached hydrogens (primary N) is 1. The quantitative estimate of drug-likeness (QED) is 0.472. The van der Waals surface area contributed by atoms with Crippen molar-refractivity contribution in [3.05, 3.63) is 69.8 Å². The molecule has 32 heavy (non-hydrogen) atoms. The van der Waals surface area contributed by atoms with Crippen LogP contribution in [-0.4, -0.2) is 71.9 Å². The Hall–Kier alpha value is -3.99. The number of nitro benzene ring substituents is 1. The Labute approximate surface area is 183 Å². The molecule has 1 saturated heterocycles. The van der Waals surface area contributed by atoms with E-state index in [9.17, 15) is 24.5 Å². The van der Waals surface area contributed by atoms with Gasteiger partial charge < -0.3 is 25.6 Å². The number of nitrogens with zero attached hydrogens (tertiary/aromatic N) is 3. The number of hydrogen-bond acceptors (Lipinski definition) is 7. The first-order valence-corrected chi connectivity index (χ1v) is 9.85. The van der Waals surface area contributed by atoms with Gasteiger partial charge >= 0.3 is 0 Å². The summed E-state index contributed by atoms with van der Waals surface area (Å²) < 4.78 is 5.16. The molecule has 1 aliphatic rings. The Morgan fingerprint density at radius 1 is 1.09 bits per heavy atom. The first kappa shape index (κ1) is 22.7. The summed E-state index contributed by atoms with van der Waals surface area (Å²) in [4.78, 5) is 52.1. The summed E-state index contributed by atoms with van der Waals surface area (Å²) in [5.74, 6) is -1.01. The van der Waals surface area contributed by atoms with Gasteiger partial charge in [0.2, 0.25) is 0 Å². The van der Waals surface area contributed by atoms with Gasteiger partial charge in [-0.15, -0.1) is 0 Å². The molecule has 11 nitrogen and oxygen atoms in total. The minimum Gasteiger partial charge on any atom is -0.497 e. The Bertz CT molecular complexity index is 1030. The molecule has 3 rings (SSSR count). The monoisotopic (exact) mass is 441 g/mol. The molecule has 2 aromatic carbocycles. The van der Waals surface area contributed by atoms with Crippen molar-refractivity contribution in [3.8, 4) is 5.75 Å². The maximum Gasteiger partial charge on any atom is 0.269 e. The lowest BCUT2D eigenvalue weighted by atomic mass is 10.1. The van der Waals surface area contributed by atoms with Gasteiger partial charge in [0.15, 0.2) is 6.17 Å². The average Bonchev–Trinajstić information content (AvgIpc) is 3.26. The zero-order valence-corrected chi connectivity index (χ0v) is 17.4. The van der Waals surface area contributed by atoms with E-state index in [1.165, 1.54) is 41.2 Å². The third kappa shape index (κ3) is 4.67. The van der Waals surface area contributed by atoms with Crippen LogP contribution in [-0.2, 0) is 4.79 Å². The van der Waals surface area contributed by atoms with E-state index in [0.29, 0.717) is 11.3 Å². The zero-order chi connectivity index (χ0) is 23.3. The summed E-state index contributed by atoms with van der Waals surface area (Å²) in [6.45, 7) is 0.621. The highest BCUT2D eigenvalue weighted by Gasteiger charge is 2.43. The number of carbonyl (C=O) groups excluding carboxylic acids is 3. The predicted molar refractivity (Wildman–Crippen MR) is 114 cm³/mol. The molecule has 1 fully saturated rings. The molecule has 1 heterocycles. The van der Waals surface area contributed by atoms with E-state index in [0.717, 1.165) is 0 Å². The average molecular weight is 441 g/mol. The first-order chi connectivity index (χ1) is 15.4. The molecule has 1 unspecified atom stereocenters. The number of carbonyl (C=O) groups is 3. The number of non-ortho nitro benzene ring substituents is 1. The van der Waals surface area contributed by atoms with Gasteiger partial charge in [0.25, 0.3) is 23.4 Å². The van der Waals surface area contributed by atoms with Crippen molar-refractivity contribution in [2.45, 2.75) is 6.17 Å². The largest absolute Gasteiger partial charge is 0.497 e. The smallest absolute Gasteiger partial charge is 0.269 e. The Morgan fingerprint density at radius 2 is 1.72 bits per heavy atom. The van der Waals surface area contributed by atoms with Crippen LogP contribution in [0.25, 0.3) is 0 Å². The van der Waals surface area contributed by atoms with Crippen molar-refractivity contribution in [2.75, 3.05) is 33.3 Å². The highest BCUT2D eigenvalue weighted by atomic mass is 16.6. The highest BCUT2D eigenvalue weighted by molar-refractivity contribution is 6.02. The van der Waals surface area contributed by atoms with Crippen molar-refractivity contribution in [3.63, 3.8) is 0 Å². The van der Waals surface area contributed by atoms with Crippen LogP contribution in [0.5, 0.6) is 5.75 Å². The van der Waals surface area contributed by atoms with Gasteiger partial charge in [-0.25, -0.2) is 0 Å². The Morgan fingerprint density at radius 3 is 2.28 bits per heavy atom. The third-order valence-corrected chi connectivity index (χ3v) is 5.01. The van der Waals surface area contributed by atoms with E-state index in [2.05, 4.69) is 5.32 Å². The number of rotatable bonds is 7. The van der Waals surface area contributed by atoms with E-state index in [-0.39, 0.29) is 37.4 Å². The number of hydrogen-bond donors (Lipinski definition) is 2. The molecule has 0 saturated carbocycles.